The number of hydrogen-bond acceptors (Lipinski definition) is 4. The maximum Gasteiger partial charge on any atom is 0.0645 e. The van der Waals surface area contributed by atoms with Crippen molar-refractivity contribution in [3.63, 3.8) is 0 Å². The van der Waals surface area contributed by atoms with E-state index in [4.69, 9.17) is 4.74 Å². The first-order valence-electron chi connectivity index (χ1n) is 7.53. The van der Waals surface area contributed by atoms with Crippen molar-refractivity contribution in [2.45, 2.75) is 32.4 Å². The van der Waals surface area contributed by atoms with Crippen molar-refractivity contribution >= 4 is 0 Å². The Morgan fingerprint density at radius 1 is 1.32 bits per heavy atom. The van der Waals surface area contributed by atoms with Gasteiger partial charge in [0.05, 0.1) is 18.0 Å². The SMILES string of the molecule is COCC(C)(CCO)NCc1cn(-c2ccccc2)nc1C. The average Bonchev–Trinajstić information content (AvgIpc) is 2.88. The van der Waals surface area contributed by atoms with Gasteiger partial charge in [0.1, 0.15) is 0 Å². The topological polar surface area (TPSA) is 59.3 Å². The Labute approximate surface area is 131 Å². The number of aliphatic hydroxyl groups excluding tert-OH is 1. The van der Waals surface area contributed by atoms with Crippen LogP contribution in [0.4, 0.5) is 0 Å². The van der Waals surface area contributed by atoms with E-state index < -0.39 is 0 Å². The van der Waals surface area contributed by atoms with Gasteiger partial charge in [0.25, 0.3) is 0 Å². The largest absolute Gasteiger partial charge is 0.396 e. The third-order valence-electron chi connectivity index (χ3n) is 3.85. The lowest BCUT2D eigenvalue weighted by Gasteiger charge is -2.29. The molecule has 0 radical (unpaired) electrons. The van der Waals surface area contributed by atoms with Crippen molar-refractivity contribution in [1.29, 1.82) is 0 Å². The van der Waals surface area contributed by atoms with Crippen molar-refractivity contribution in [2.75, 3.05) is 20.3 Å². The molecule has 1 aromatic carbocycles. The van der Waals surface area contributed by atoms with E-state index in [2.05, 4.69) is 17.3 Å². The normalized spacial score (nSPS) is 14.0. The predicted octanol–water partition coefficient (Wildman–Crippen LogP) is 2.06. The summed E-state index contributed by atoms with van der Waals surface area (Å²) in [4.78, 5) is 0. The van der Waals surface area contributed by atoms with Crippen molar-refractivity contribution in [3.8, 4) is 5.69 Å². The lowest BCUT2D eigenvalue weighted by molar-refractivity contribution is 0.0969. The molecule has 5 heteroatoms. The summed E-state index contributed by atoms with van der Waals surface area (Å²) in [5.41, 5.74) is 2.95. The van der Waals surface area contributed by atoms with E-state index in [1.165, 1.54) is 0 Å². The van der Waals surface area contributed by atoms with E-state index in [9.17, 15) is 5.11 Å². The van der Waals surface area contributed by atoms with E-state index in [0.717, 1.165) is 16.9 Å². The fourth-order valence-corrected chi connectivity index (χ4v) is 2.47. The summed E-state index contributed by atoms with van der Waals surface area (Å²) in [5.74, 6) is 0. The molecule has 0 aliphatic carbocycles. The first kappa shape index (κ1) is 16.7. The second-order valence-corrected chi connectivity index (χ2v) is 5.84. The Kier molecular flexibility index (Phi) is 5.71. The zero-order valence-electron chi connectivity index (χ0n) is 13.5. The molecule has 1 heterocycles. The monoisotopic (exact) mass is 303 g/mol. The maximum atomic E-state index is 9.22. The van der Waals surface area contributed by atoms with Crippen molar-refractivity contribution in [2.24, 2.45) is 0 Å². The Bertz CT molecular complexity index is 575. The first-order valence-corrected chi connectivity index (χ1v) is 7.53. The molecule has 1 unspecified atom stereocenters. The number of rotatable bonds is 8. The second kappa shape index (κ2) is 7.54. The van der Waals surface area contributed by atoms with Crippen LogP contribution < -0.4 is 5.32 Å². The van der Waals surface area contributed by atoms with E-state index in [-0.39, 0.29) is 12.1 Å². The highest BCUT2D eigenvalue weighted by molar-refractivity contribution is 5.32. The molecule has 0 fully saturated rings. The number of ether oxygens (including phenoxy) is 1. The van der Waals surface area contributed by atoms with Gasteiger partial charge < -0.3 is 15.2 Å². The fourth-order valence-electron chi connectivity index (χ4n) is 2.47. The van der Waals surface area contributed by atoms with Gasteiger partial charge >= 0.3 is 0 Å². The summed E-state index contributed by atoms with van der Waals surface area (Å²) in [6.07, 6.45) is 2.69. The van der Waals surface area contributed by atoms with Crippen LogP contribution in [0.2, 0.25) is 0 Å². The minimum atomic E-state index is -0.245. The van der Waals surface area contributed by atoms with Gasteiger partial charge in [0.2, 0.25) is 0 Å². The van der Waals surface area contributed by atoms with Crippen LogP contribution in [0.5, 0.6) is 0 Å². The van der Waals surface area contributed by atoms with Crippen LogP contribution >= 0.6 is 0 Å². The molecule has 0 saturated carbocycles. The Balaban J connectivity index is 2.09. The molecule has 22 heavy (non-hydrogen) atoms. The number of benzene rings is 1. The van der Waals surface area contributed by atoms with Crippen molar-refractivity contribution < 1.29 is 9.84 Å². The summed E-state index contributed by atoms with van der Waals surface area (Å²) in [6.45, 7) is 5.45. The molecular weight excluding hydrogens is 278 g/mol. The third kappa shape index (κ3) is 4.16. The summed E-state index contributed by atoms with van der Waals surface area (Å²) in [6, 6.07) is 10.1. The first-order chi connectivity index (χ1) is 10.6. The number of hydrogen-bond donors (Lipinski definition) is 2. The van der Waals surface area contributed by atoms with Crippen LogP contribution in [0.3, 0.4) is 0 Å². The third-order valence-corrected chi connectivity index (χ3v) is 3.85. The summed E-state index contributed by atoms with van der Waals surface area (Å²) < 4.78 is 7.15. The number of aromatic nitrogens is 2. The summed E-state index contributed by atoms with van der Waals surface area (Å²) >= 11 is 0. The number of nitrogens with one attached hydrogen (secondary N) is 1. The molecule has 2 aromatic rings. The molecule has 2 N–H and O–H groups in total. The highest BCUT2D eigenvalue weighted by Crippen LogP contribution is 2.15. The highest BCUT2D eigenvalue weighted by atomic mass is 16.5. The van der Waals surface area contributed by atoms with Gasteiger partial charge in [0.15, 0.2) is 0 Å². The molecule has 0 bridgehead atoms. The van der Waals surface area contributed by atoms with E-state index in [1.807, 2.05) is 48.1 Å². The average molecular weight is 303 g/mol. The number of aryl methyl sites for hydroxylation is 1. The Morgan fingerprint density at radius 3 is 2.68 bits per heavy atom. The molecule has 0 amide bonds. The lowest BCUT2D eigenvalue weighted by Crippen LogP contribution is -2.46. The molecule has 0 spiro atoms. The summed E-state index contributed by atoms with van der Waals surface area (Å²) in [7, 11) is 1.68. The minimum Gasteiger partial charge on any atom is -0.396 e. The van der Waals surface area contributed by atoms with E-state index in [0.29, 0.717) is 19.6 Å². The van der Waals surface area contributed by atoms with Crippen LogP contribution in [0.1, 0.15) is 24.6 Å². The van der Waals surface area contributed by atoms with Gasteiger partial charge in [-0.2, -0.15) is 5.10 Å². The number of nitrogens with zero attached hydrogens (tertiary/aromatic N) is 2. The summed E-state index contributed by atoms with van der Waals surface area (Å²) in [5, 5.41) is 17.3. The van der Waals surface area contributed by atoms with Gasteiger partial charge in [-0.1, -0.05) is 18.2 Å². The van der Waals surface area contributed by atoms with Gasteiger partial charge in [0, 0.05) is 37.6 Å². The number of methoxy groups -OCH3 is 1. The van der Waals surface area contributed by atoms with Crippen LogP contribution in [0.25, 0.3) is 5.69 Å². The van der Waals surface area contributed by atoms with Gasteiger partial charge in [-0.3, -0.25) is 0 Å². The molecule has 120 valence electrons. The predicted molar refractivity (Wildman–Crippen MR) is 87.1 cm³/mol. The second-order valence-electron chi connectivity index (χ2n) is 5.84. The lowest BCUT2D eigenvalue weighted by atomic mass is 9.99. The highest BCUT2D eigenvalue weighted by Gasteiger charge is 2.23. The molecule has 0 saturated heterocycles. The quantitative estimate of drug-likeness (QED) is 0.784. The number of aliphatic hydroxyl groups is 1. The van der Waals surface area contributed by atoms with Crippen LogP contribution in [-0.4, -0.2) is 40.7 Å². The van der Waals surface area contributed by atoms with Crippen LogP contribution in [0.15, 0.2) is 36.5 Å². The molecular formula is C17H25N3O2. The maximum absolute atomic E-state index is 9.22. The Hall–Kier alpha value is -1.69. The minimum absolute atomic E-state index is 0.134. The van der Waals surface area contributed by atoms with E-state index >= 15 is 0 Å². The smallest absolute Gasteiger partial charge is 0.0645 e. The van der Waals surface area contributed by atoms with E-state index in [1.54, 1.807) is 7.11 Å². The molecule has 1 atom stereocenters. The van der Waals surface area contributed by atoms with Gasteiger partial charge in [-0.15, -0.1) is 0 Å². The standard InChI is InChI=1S/C17H25N3O2/c1-14-15(11-18-17(2,9-10-21)13-22-3)12-20(19-14)16-7-5-4-6-8-16/h4-8,12,18,21H,9-11,13H2,1-3H3. The van der Waals surface area contributed by atoms with Crippen molar-refractivity contribution in [3.05, 3.63) is 47.8 Å². The molecule has 0 aliphatic heterocycles. The van der Waals surface area contributed by atoms with Gasteiger partial charge in [-0.05, 0) is 32.4 Å². The van der Waals surface area contributed by atoms with Crippen molar-refractivity contribution in [1.82, 2.24) is 15.1 Å². The van der Waals surface area contributed by atoms with Gasteiger partial charge in [-0.25, -0.2) is 4.68 Å². The molecule has 0 aliphatic rings. The number of para-hydroxylation sites is 1. The zero-order valence-corrected chi connectivity index (χ0v) is 13.5. The molecule has 1 aromatic heterocycles. The Morgan fingerprint density at radius 2 is 2.05 bits per heavy atom. The molecule has 5 nitrogen and oxygen atoms in total. The zero-order chi connectivity index (χ0) is 16.0. The fraction of sp³-hybridized carbons (Fsp3) is 0.471. The van der Waals surface area contributed by atoms with Crippen LogP contribution in [0, 0.1) is 6.92 Å². The van der Waals surface area contributed by atoms with Crippen LogP contribution in [-0.2, 0) is 11.3 Å². The molecule has 2 rings (SSSR count).